The normalized spacial score (nSPS) is 33.5. The molecule has 1 spiro atoms. The summed E-state index contributed by atoms with van der Waals surface area (Å²) >= 11 is 0. The average Bonchev–Trinajstić information content (AvgIpc) is 3.07. The molecular formula is C20H25NO4S. The lowest BCUT2D eigenvalue weighted by Gasteiger charge is -2.36. The Morgan fingerprint density at radius 3 is 2.73 bits per heavy atom. The largest absolute Gasteiger partial charge is 0.496 e. The number of nitrogens with zero attached hydrogens (tertiary/aromatic N) is 1. The molecule has 0 unspecified atom stereocenters. The van der Waals surface area contributed by atoms with Gasteiger partial charge in [0, 0.05) is 11.5 Å². The van der Waals surface area contributed by atoms with Gasteiger partial charge in [0.2, 0.25) is 10.0 Å². The number of hydrogen-bond acceptors (Lipinski definition) is 4. The molecule has 0 aromatic heterocycles. The predicted molar refractivity (Wildman–Crippen MR) is 98.3 cm³/mol. The molecule has 3 fully saturated rings. The third kappa shape index (κ3) is 2.42. The van der Waals surface area contributed by atoms with E-state index in [-0.39, 0.29) is 22.6 Å². The van der Waals surface area contributed by atoms with Crippen molar-refractivity contribution in [2.45, 2.75) is 45.8 Å². The highest BCUT2D eigenvalue weighted by atomic mass is 32.2. The minimum atomic E-state index is -3.57. The maximum Gasteiger partial charge on any atom is 0.263 e. The highest BCUT2D eigenvalue weighted by Crippen LogP contribution is 2.69. The number of carbonyl (C=O) groups excluding carboxylic acids is 1. The molecular weight excluding hydrogens is 350 g/mol. The number of fused-ring (bicyclic) bond motifs is 1. The molecule has 1 aliphatic heterocycles. The van der Waals surface area contributed by atoms with E-state index >= 15 is 0 Å². The first-order chi connectivity index (χ1) is 12.3. The third-order valence-electron chi connectivity index (χ3n) is 7.03. The first kappa shape index (κ1) is 17.6. The van der Waals surface area contributed by atoms with Gasteiger partial charge < -0.3 is 4.74 Å². The van der Waals surface area contributed by atoms with Crippen molar-refractivity contribution < 1.29 is 17.9 Å². The molecule has 6 heteroatoms. The van der Waals surface area contributed by atoms with Crippen LogP contribution in [-0.4, -0.2) is 30.4 Å². The Morgan fingerprint density at radius 2 is 2.04 bits per heavy atom. The van der Waals surface area contributed by atoms with Crippen molar-refractivity contribution in [1.82, 2.24) is 4.31 Å². The van der Waals surface area contributed by atoms with Gasteiger partial charge in [0.05, 0.1) is 18.1 Å². The topological polar surface area (TPSA) is 63.7 Å². The number of hydrogen-bond donors (Lipinski definition) is 0. The van der Waals surface area contributed by atoms with Crippen molar-refractivity contribution in [3.63, 3.8) is 0 Å². The summed E-state index contributed by atoms with van der Waals surface area (Å²) in [5.41, 5.74) is 0.672. The minimum Gasteiger partial charge on any atom is -0.496 e. The van der Waals surface area contributed by atoms with Gasteiger partial charge in [-0.05, 0) is 36.2 Å². The van der Waals surface area contributed by atoms with Crippen LogP contribution < -0.4 is 0 Å². The van der Waals surface area contributed by atoms with Crippen LogP contribution in [0.4, 0.5) is 0 Å². The molecule has 1 aromatic rings. The number of carbonyl (C=O) groups is 1. The van der Waals surface area contributed by atoms with Crippen LogP contribution in [0.15, 0.2) is 42.7 Å². The molecule has 0 N–H and O–H groups in total. The second-order valence-electron chi connectivity index (χ2n) is 8.35. The first-order valence-electron chi connectivity index (χ1n) is 9.16. The van der Waals surface area contributed by atoms with Crippen LogP contribution in [-0.2, 0) is 26.2 Å². The Labute approximate surface area is 155 Å². The lowest BCUT2D eigenvalue weighted by atomic mass is 9.69. The van der Waals surface area contributed by atoms with Gasteiger partial charge in [-0.3, -0.25) is 4.79 Å². The summed E-state index contributed by atoms with van der Waals surface area (Å²) in [7, 11) is -3.57. The quantitative estimate of drug-likeness (QED) is 0.599. The van der Waals surface area contributed by atoms with Gasteiger partial charge in [-0.15, -0.1) is 0 Å². The van der Waals surface area contributed by atoms with E-state index in [1.807, 2.05) is 30.3 Å². The summed E-state index contributed by atoms with van der Waals surface area (Å²) in [5.74, 6) is 0.110. The number of benzene rings is 1. The minimum absolute atomic E-state index is 0.0344. The van der Waals surface area contributed by atoms with E-state index in [1.54, 1.807) is 0 Å². The Kier molecular flexibility index (Phi) is 3.95. The second-order valence-corrected chi connectivity index (χ2v) is 10.2. The van der Waals surface area contributed by atoms with Gasteiger partial charge in [-0.25, -0.2) is 12.7 Å². The molecule has 0 radical (unpaired) electrons. The fourth-order valence-corrected chi connectivity index (χ4v) is 7.99. The highest BCUT2D eigenvalue weighted by Gasteiger charge is 2.72. The van der Waals surface area contributed by atoms with Crippen molar-refractivity contribution in [2.24, 2.45) is 16.7 Å². The number of sulfonamides is 1. The smallest absolute Gasteiger partial charge is 0.263 e. The summed E-state index contributed by atoms with van der Waals surface area (Å²) in [5, 5.41) is 0. The summed E-state index contributed by atoms with van der Waals surface area (Å²) in [6, 6.07) is 9.42. The van der Waals surface area contributed by atoms with Crippen LogP contribution in [0.2, 0.25) is 0 Å². The number of amides is 1. The zero-order valence-electron chi connectivity index (χ0n) is 15.2. The predicted octanol–water partition coefficient (Wildman–Crippen LogP) is 3.08. The van der Waals surface area contributed by atoms with Crippen LogP contribution in [0.3, 0.4) is 0 Å². The van der Waals surface area contributed by atoms with Crippen LogP contribution in [0, 0.1) is 16.7 Å². The van der Waals surface area contributed by atoms with Crippen molar-refractivity contribution in [3.05, 3.63) is 48.2 Å². The molecule has 2 aliphatic carbocycles. The van der Waals surface area contributed by atoms with E-state index in [9.17, 15) is 13.2 Å². The van der Waals surface area contributed by atoms with Crippen LogP contribution >= 0.6 is 0 Å². The first-order valence-corrected chi connectivity index (χ1v) is 10.8. The third-order valence-corrected chi connectivity index (χ3v) is 8.94. The molecule has 3 atom stereocenters. The molecule has 1 heterocycles. The molecule has 4 rings (SSSR count). The Morgan fingerprint density at radius 1 is 1.31 bits per heavy atom. The fourth-order valence-electron chi connectivity index (χ4n) is 5.48. The molecule has 5 nitrogen and oxygen atoms in total. The van der Waals surface area contributed by atoms with E-state index in [2.05, 4.69) is 13.8 Å². The maximum absolute atomic E-state index is 12.8. The molecule has 1 amide bonds. The average molecular weight is 375 g/mol. The lowest BCUT2D eigenvalue weighted by Crippen LogP contribution is -2.43. The summed E-state index contributed by atoms with van der Waals surface area (Å²) in [4.78, 5) is 12.7. The monoisotopic (exact) mass is 375 g/mol. The molecule has 140 valence electrons. The standard InChI is InChI=1S/C20H25NO4S/c1-19(2)16-8-10-20(19)14-26(23,24)21(17(20)12-16)18(22)9-11-25-13-15-6-4-3-5-7-15/h3-7,9,11,16-17H,8,10,12-14H2,1-2H3/b11-9+/t16-,17-,20-/m0/s1. The van der Waals surface area contributed by atoms with Crippen molar-refractivity contribution >= 4 is 15.9 Å². The Bertz CT molecular complexity index is 846. The Hall–Kier alpha value is -1.82. The molecule has 2 bridgehead atoms. The van der Waals surface area contributed by atoms with Crippen LogP contribution in [0.25, 0.3) is 0 Å². The Balaban J connectivity index is 1.49. The van der Waals surface area contributed by atoms with Crippen molar-refractivity contribution in [2.75, 3.05) is 5.75 Å². The van der Waals surface area contributed by atoms with Gasteiger partial charge in [-0.2, -0.15) is 0 Å². The molecule has 26 heavy (non-hydrogen) atoms. The van der Waals surface area contributed by atoms with E-state index in [1.165, 1.54) is 12.3 Å². The van der Waals surface area contributed by atoms with Crippen molar-refractivity contribution in [3.8, 4) is 0 Å². The highest BCUT2D eigenvalue weighted by molar-refractivity contribution is 7.90. The SMILES string of the molecule is CC1(C)[C@H]2CC[C@@]13CS(=O)(=O)N(C(=O)/C=C/OCc1ccccc1)[C@H]3C2. The molecule has 1 saturated heterocycles. The van der Waals surface area contributed by atoms with Gasteiger partial charge in [0.25, 0.3) is 5.91 Å². The van der Waals surface area contributed by atoms with E-state index in [0.717, 1.165) is 29.1 Å². The molecule has 3 aliphatic rings. The van der Waals surface area contributed by atoms with Gasteiger partial charge >= 0.3 is 0 Å². The van der Waals surface area contributed by atoms with Gasteiger partial charge in [0.1, 0.15) is 6.61 Å². The summed E-state index contributed by atoms with van der Waals surface area (Å²) in [6.07, 6.45) is 5.31. The van der Waals surface area contributed by atoms with E-state index < -0.39 is 15.9 Å². The zero-order chi connectivity index (χ0) is 18.6. The fraction of sp³-hybridized carbons (Fsp3) is 0.550. The number of rotatable bonds is 4. The van der Waals surface area contributed by atoms with Crippen molar-refractivity contribution in [1.29, 1.82) is 0 Å². The van der Waals surface area contributed by atoms with Crippen LogP contribution in [0.5, 0.6) is 0 Å². The summed E-state index contributed by atoms with van der Waals surface area (Å²) < 4.78 is 32.1. The maximum atomic E-state index is 12.8. The zero-order valence-corrected chi connectivity index (χ0v) is 16.0. The van der Waals surface area contributed by atoms with E-state index in [0.29, 0.717) is 12.5 Å². The lowest BCUT2D eigenvalue weighted by molar-refractivity contribution is -0.124. The number of ether oxygens (including phenoxy) is 1. The summed E-state index contributed by atoms with van der Waals surface area (Å²) in [6.45, 7) is 4.69. The molecule has 2 saturated carbocycles. The van der Waals surface area contributed by atoms with Crippen LogP contribution in [0.1, 0.15) is 38.7 Å². The van der Waals surface area contributed by atoms with Gasteiger partial charge in [-0.1, -0.05) is 44.2 Å². The molecule has 1 aromatic carbocycles. The van der Waals surface area contributed by atoms with E-state index in [4.69, 9.17) is 4.74 Å². The second kappa shape index (κ2) is 5.84. The van der Waals surface area contributed by atoms with Gasteiger partial charge in [0.15, 0.2) is 0 Å².